The van der Waals surface area contributed by atoms with Crippen molar-refractivity contribution < 1.29 is 28.6 Å². The van der Waals surface area contributed by atoms with Gasteiger partial charge in [0.15, 0.2) is 6.10 Å². The summed E-state index contributed by atoms with van der Waals surface area (Å²) in [5, 5.41) is 0. The molecule has 0 bridgehead atoms. The van der Waals surface area contributed by atoms with E-state index in [-0.39, 0.29) is 31.1 Å². The average Bonchev–Trinajstić information content (AvgIpc) is 3.38. The van der Waals surface area contributed by atoms with Gasteiger partial charge in [0.2, 0.25) is 0 Å². The molecule has 0 aromatic carbocycles. The maximum absolute atomic E-state index is 12.8. The van der Waals surface area contributed by atoms with Gasteiger partial charge in [-0.3, -0.25) is 14.4 Å². The standard InChI is InChI=1S/C66H106O6/c1-4-7-10-13-16-18-20-22-24-26-28-30-32-33-35-36-38-40-42-44-46-48-50-53-56-59-65(68)71-62-63(61-70-64(67)58-55-52-15-12-9-6-3)72-66(69)60-57-54-51-49-47-45-43-41-39-37-34-31-29-27-25-23-21-19-17-14-11-8-5-2/h7-8,10-11,16-19,22-25,28-31,33,35,38,40,44,46,63H,4-6,9,12-15,20-21,26-27,32,34,36-37,39,41-43,45,47-62H2,1-3H3/b10-7-,11-8-,18-16-,19-17-,24-22-,25-23-,30-28-,31-29-,35-33-,40-38-,46-44-. The second kappa shape index (κ2) is 59.1. The van der Waals surface area contributed by atoms with Crippen LogP contribution < -0.4 is 0 Å². The second-order valence-corrected chi connectivity index (χ2v) is 18.8. The molecule has 6 heteroatoms. The highest BCUT2D eigenvalue weighted by atomic mass is 16.6. The van der Waals surface area contributed by atoms with Gasteiger partial charge in [0.25, 0.3) is 0 Å². The van der Waals surface area contributed by atoms with E-state index in [1.54, 1.807) is 0 Å². The van der Waals surface area contributed by atoms with Crippen LogP contribution in [-0.4, -0.2) is 37.2 Å². The summed E-state index contributed by atoms with van der Waals surface area (Å²) in [6.45, 7) is 6.31. The minimum absolute atomic E-state index is 0.0942. The molecule has 0 N–H and O–H groups in total. The zero-order chi connectivity index (χ0) is 52.2. The van der Waals surface area contributed by atoms with Gasteiger partial charge in [-0.2, -0.15) is 0 Å². The lowest BCUT2D eigenvalue weighted by Crippen LogP contribution is -2.30. The Morgan fingerprint density at radius 3 is 0.861 bits per heavy atom. The summed E-state index contributed by atoms with van der Waals surface area (Å²) < 4.78 is 16.7. The summed E-state index contributed by atoms with van der Waals surface area (Å²) in [5.74, 6) is -0.947. The van der Waals surface area contributed by atoms with Gasteiger partial charge in [-0.1, -0.05) is 244 Å². The van der Waals surface area contributed by atoms with Crippen LogP contribution in [0, 0.1) is 0 Å². The normalized spacial score (nSPS) is 13.1. The lowest BCUT2D eigenvalue weighted by Gasteiger charge is -2.18. The Morgan fingerprint density at radius 1 is 0.292 bits per heavy atom. The number of unbranched alkanes of at least 4 members (excludes halogenated alkanes) is 18. The molecule has 0 heterocycles. The Labute approximate surface area is 443 Å². The fourth-order valence-corrected chi connectivity index (χ4v) is 7.59. The first-order valence-corrected chi connectivity index (χ1v) is 29.2. The van der Waals surface area contributed by atoms with Gasteiger partial charge in [-0.25, -0.2) is 0 Å². The van der Waals surface area contributed by atoms with E-state index < -0.39 is 6.10 Å². The number of carbonyl (C=O) groups excluding carboxylic acids is 3. The number of carbonyl (C=O) groups is 3. The van der Waals surface area contributed by atoms with Crippen molar-refractivity contribution in [3.8, 4) is 0 Å². The molecule has 0 rings (SSSR count). The van der Waals surface area contributed by atoms with Gasteiger partial charge in [0.05, 0.1) is 0 Å². The molecule has 0 aliphatic heterocycles. The van der Waals surface area contributed by atoms with Crippen LogP contribution in [0.5, 0.6) is 0 Å². The molecule has 0 amide bonds. The van der Waals surface area contributed by atoms with E-state index >= 15 is 0 Å². The molecule has 0 aliphatic rings. The SMILES string of the molecule is CC/C=C\C/C=C\C/C=C\C/C=C\C/C=C\C/C=C\C/C=C\CCCCCC(=O)OCC(COC(=O)CCCCCCCC)OC(=O)CCCCCCCCCCCC/C=C\C/C=C\C/C=C\C/C=C\CC. The maximum atomic E-state index is 12.8. The molecule has 0 radical (unpaired) electrons. The van der Waals surface area contributed by atoms with Crippen LogP contribution in [0.2, 0.25) is 0 Å². The predicted octanol–water partition coefficient (Wildman–Crippen LogP) is 19.8. The molecule has 0 aliphatic carbocycles. The Morgan fingerprint density at radius 2 is 0.542 bits per heavy atom. The number of hydrogen-bond donors (Lipinski definition) is 0. The largest absolute Gasteiger partial charge is 0.462 e. The van der Waals surface area contributed by atoms with Gasteiger partial charge in [-0.05, 0) is 116 Å². The van der Waals surface area contributed by atoms with Crippen molar-refractivity contribution in [3.63, 3.8) is 0 Å². The Balaban J connectivity index is 4.25. The number of hydrogen-bond acceptors (Lipinski definition) is 6. The molecule has 0 aromatic heterocycles. The average molecular weight is 996 g/mol. The first-order chi connectivity index (χ1) is 35.5. The molecule has 0 saturated carbocycles. The molecular weight excluding hydrogens is 889 g/mol. The molecule has 406 valence electrons. The van der Waals surface area contributed by atoms with Gasteiger partial charge in [0, 0.05) is 19.3 Å². The van der Waals surface area contributed by atoms with E-state index in [0.717, 1.165) is 135 Å². The summed E-state index contributed by atoms with van der Waals surface area (Å²) in [6, 6.07) is 0. The third kappa shape index (κ3) is 56.5. The highest BCUT2D eigenvalue weighted by molar-refractivity contribution is 5.71. The third-order valence-electron chi connectivity index (χ3n) is 11.9. The molecule has 1 atom stereocenters. The summed E-state index contributed by atoms with van der Waals surface area (Å²) in [6.07, 6.45) is 83.3. The van der Waals surface area contributed by atoms with Crippen molar-refractivity contribution in [1.82, 2.24) is 0 Å². The number of allylic oxidation sites excluding steroid dienone is 22. The van der Waals surface area contributed by atoms with Gasteiger partial charge >= 0.3 is 17.9 Å². The quantitative estimate of drug-likeness (QED) is 0.0261. The van der Waals surface area contributed by atoms with Gasteiger partial charge in [0.1, 0.15) is 13.2 Å². The third-order valence-corrected chi connectivity index (χ3v) is 11.9. The van der Waals surface area contributed by atoms with E-state index in [1.807, 2.05) is 0 Å². The number of esters is 3. The molecular formula is C66H106O6. The predicted molar refractivity (Wildman–Crippen MR) is 311 cm³/mol. The van der Waals surface area contributed by atoms with E-state index in [0.29, 0.717) is 19.3 Å². The fraction of sp³-hybridized carbons (Fsp3) is 0.621. The smallest absolute Gasteiger partial charge is 0.306 e. The van der Waals surface area contributed by atoms with E-state index in [9.17, 15) is 14.4 Å². The van der Waals surface area contributed by atoms with Crippen molar-refractivity contribution in [2.45, 2.75) is 252 Å². The van der Waals surface area contributed by atoms with Crippen LogP contribution in [0.25, 0.3) is 0 Å². The minimum Gasteiger partial charge on any atom is -0.462 e. The van der Waals surface area contributed by atoms with Crippen LogP contribution >= 0.6 is 0 Å². The zero-order valence-electron chi connectivity index (χ0n) is 46.4. The number of ether oxygens (including phenoxy) is 3. The molecule has 6 nitrogen and oxygen atoms in total. The van der Waals surface area contributed by atoms with Crippen LogP contribution in [0.1, 0.15) is 245 Å². The van der Waals surface area contributed by atoms with E-state index in [4.69, 9.17) is 14.2 Å². The van der Waals surface area contributed by atoms with Crippen molar-refractivity contribution in [1.29, 1.82) is 0 Å². The molecule has 1 unspecified atom stereocenters. The molecule has 0 saturated heterocycles. The lowest BCUT2D eigenvalue weighted by atomic mass is 10.0. The van der Waals surface area contributed by atoms with Gasteiger partial charge < -0.3 is 14.2 Å². The van der Waals surface area contributed by atoms with Crippen LogP contribution in [0.4, 0.5) is 0 Å². The molecule has 0 spiro atoms. The Hall–Kier alpha value is -4.45. The summed E-state index contributed by atoms with van der Waals surface area (Å²) in [7, 11) is 0. The minimum atomic E-state index is -0.796. The molecule has 0 fully saturated rings. The van der Waals surface area contributed by atoms with E-state index in [2.05, 4.69) is 154 Å². The molecule has 72 heavy (non-hydrogen) atoms. The number of rotatable bonds is 51. The Kier molecular flexibility index (Phi) is 55.5. The van der Waals surface area contributed by atoms with Crippen molar-refractivity contribution in [2.24, 2.45) is 0 Å². The second-order valence-electron chi connectivity index (χ2n) is 18.8. The Bertz CT molecular complexity index is 1560. The summed E-state index contributed by atoms with van der Waals surface area (Å²) in [5.41, 5.74) is 0. The zero-order valence-corrected chi connectivity index (χ0v) is 46.4. The van der Waals surface area contributed by atoms with Crippen LogP contribution in [-0.2, 0) is 28.6 Å². The highest BCUT2D eigenvalue weighted by Gasteiger charge is 2.19. The highest BCUT2D eigenvalue weighted by Crippen LogP contribution is 2.14. The van der Waals surface area contributed by atoms with Crippen LogP contribution in [0.3, 0.4) is 0 Å². The van der Waals surface area contributed by atoms with Crippen molar-refractivity contribution in [2.75, 3.05) is 13.2 Å². The molecule has 0 aromatic rings. The maximum Gasteiger partial charge on any atom is 0.306 e. The van der Waals surface area contributed by atoms with E-state index in [1.165, 1.54) is 70.6 Å². The lowest BCUT2D eigenvalue weighted by molar-refractivity contribution is -0.167. The van der Waals surface area contributed by atoms with Crippen LogP contribution in [0.15, 0.2) is 134 Å². The first-order valence-electron chi connectivity index (χ1n) is 29.2. The summed E-state index contributed by atoms with van der Waals surface area (Å²) in [4.78, 5) is 37.9. The first kappa shape index (κ1) is 67.5. The van der Waals surface area contributed by atoms with Gasteiger partial charge in [-0.15, -0.1) is 0 Å². The van der Waals surface area contributed by atoms with Crippen molar-refractivity contribution >= 4 is 17.9 Å². The van der Waals surface area contributed by atoms with Crippen molar-refractivity contribution in [3.05, 3.63) is 134 Å². The summed E-state index contributed by atoms with van der Waals surface area (Å²) >= 11 is 0. The fourth-order valence-electron chi connectivity index (χ4n) is 7.59. The monoisotopic (exact) mass is 995 g/mol. The topological polar surface area (TPSA) is 78.9 Å².